The monoisotopic (exact) mass is 158 g/mol. The van der Waals surface area contributed by atoms with E-state index in [0.717, 1.165) is 12.8 Å². The predicted octanol–water partition coefficient (Wildman–Crippen LogP) is 1.17. The molecule has 11 heavy (non-hydrogen) atoms. The van der Waals surface area contributed by atoms with Crippen LogP contribution in [-0.4, -0.2) is 22.4 Å². The highest BCUT2D eigenvalue weighted by Gasteiger charge is 2.35. The molecule has 0 amide bonds. The molecule has 0 aromatic carbocycles. The molecule has 1 aliphatic rings. The predicted molar refractivity (Wildman–Crippen MR) is 44.2 cm³/mol. The first-order valence-corrected chi connectivity index (χ1v) is 4.39. The normalized spacial score (nSPS) is 45.8. The molecule has 2 heteroatoms. The topological polar surface area (TPSA) is 40.5 Å². The van der Waals surface area contributed by atoms with Crippen molar-refractivity contribution in [3.8, 4) is 0 Å². The first-order chi connectivity index (χ1) is 5.06. The summed E-state index contributed by atoms with van der Waals surface area (Å²) >= 11 is 0. The number of hydrogen-bond acceptors (Lipinski definition) is 2. The van der Waals surface area contributed by atoms with E-state index in [0.29, 0.717) is 11.8 Å². The van der Waals surface area contributed by atoms with E-state index in [4.69, 9.17) is 5.11 Å². The summed E-state index contributed by atoms with van der Waals surface area (Å²) in [7, 11) is 0. The Bertz CT molecular complexity index is 124. The van der Waals surface area contributed by atoms with Gasteiger partial charge in [0.25, 0.3) is 0 Å². The zero-order chi connectivity index (χ0) is 8.48. The van der Waals surface area contributed by atoms with Gasteiger partial charge in [0.1, 0.15) is 0 Å². The molecule has 0 heterocycles. The molecule has 0 bridgehead atoms. The van der Waals surface area contributed by atoms with Crippen molar-refractivity contribution in [3.05, 3.63) is 0 Å². The van der Waals surface area contributed by atoms with Gasteiger partial charge in [-0.15, -0.1) is 0 Å². The second-order valence-corrected chi connectivity index (χ2v) is 4.24. The summed E-state index contributed by atoms with van der Waals surface area (Å²) in [4.78, 5) is 0. The Morgan fingerprint density at radius 2 is 1.73 bits per heavy atom. The van der Waals surface area contributed by atoms with Gasteiger partial charge in [0, 0.05) is 0 Å². The molecule has 0 aliphatic heterocycles. The van der Waals surface area contributed by atoms with Crippen LogP contribution in [0.5, 0.6) is 0 Å². The van der Waals surface area contributed by atoms with Crippen LogP contribution in [0.2, 0.25) is 0 Å². The van der Waals surface area contributed by atoms with E-state index in [9.17, 15) is 5.11 Å². The summed E-state index contributed by atoms with van der Waals surface area (Å²) in [5, 5.41) is 18.7. The summed E-state index contributed by atoms with van der Waals surface area (Å²) in [6.07, 6.45) is 2.70. The molecule has 1 aliphatic carbocycles. The number of aliphatic hydroxyl groups is 2. The highest BCUT2D eigenvalue weighted by molar-refractivity contribution is 4.87. The Hall–Kier alpha value is -0.0800. The number of aliphatic hydroxyl groups excluding tert-OH is 1. The lowest BCUT2D eigenvalue weighted by molar-refractivity contribution is -0.0689. The second-order valence-electron chi connectivity index (χ2n) is 4.24. The smallest absolute Gasteiger partial charge is 0.0882 e. The summed E-state index contributed by atoms with van der Waals surface area (Å²) in [5.74, 6) is 1.10. The van der Waals surface area contributed by atoms with Crippen LogP contribution < -0.4 is 0 Å². The maximum absolute atomic E-state index is 9.77. The Morgan fingerprint density at radius 3 is 2.09 bits per heavy atom. The lowest BCUT2D eigenvalue weighted by Crippen LogP contribution is -2.40. The second kappa shape index (κ2) is 3.11. The van der Waals surface area contributed by atoms with Crippen LogP contribution in [0.15, 0.2) is 0 Å². The molecule has 1 fully saturated rings. The molecular weight excluding hydrogens is 140 g/mol. The fourth-order valence-electron chi connectivity index (χ4n) is 2.36. The van der Waals surface area contributed by atoms with E-state index in [1.807, 2.05) is 0 Å². The minimum atomic E-state index is -0.781. The van der Waals surface area contributed by atoms with Gasteiger partial charge >= 0.3 is 0 Å². The minimum absolute atomic E-state index is 0.0817. The number of rotatable bonds is 1. The van der Waals surface area contributed by atoms with Crippen molar-refractivity contribution >= 4 is 0 Å². The van der Waals surface area contributed by atoms with Crippen LogP contribution in [0.3, 0.4) is 0 Å². The Morgan fingerprint density at radius 1 is 1.27 bits per heavy atom. The van der Waals surface area contributed by atoms with E-state index >= 15 is 0 Å². The fraction of sp³-hybridized carbons (Fsp3) is 1.00. The van der Waals surface area contributed by atoms with Gasteiger partial charge in [0.2, 0.25) is 0 Å². The maximum atomic E-state index is 9.77. The van der Waals surface area contributed by atoms with E-state index in [2.05, 4.69) is 13.8 Å². The Labute approximate surface area is 68.2 Å². The van der Waals surface area contributed by atoms with E-state index < -0.39 is 5.60 Å². The summed E-state index contributed by atoms with van der Waals surface area (Å²) in [5.41, 5.74) is -0.781. The van der Waals surface area contributed by atoms with Gasteiger partial charge in [-0.25, -0.2) is 0 Å². The van der Waals surface area contributed by atoms with E-state index in [1.54, 1.807) is 0 Å². The lowest BCUT2D eigenvalue weighted by Gasteiger charge is -2.37. The van der Waals surface area contributed by atoms with Crippen molar-refractivity contribution < 1.29 is 10.2 Å². The first kappa shape index (κ1) is 9.01. The van der Waals surface area contributed by atoms with Gasteiger partial charge in [-0.3, -0.25) is 0 Å². The zero-order valence-corrected chi connectivity index (χ0v) is 7.38. The van der Waals surface area contributed by atoms with Crippen molar-refractivity contribution in [2.24, 2.45) is 11.8 Å². The average Bonchev–Trinajstić information content (AvgIpc) is 1.84. The highest BCUT2D eigenvalue weighted by Crippen LogP contribution is 2.35. The molecule has 0 spiro atoms. The van der Waals surface area contributed by atoms with Crippen molar-refractivity contribution in [2.45, 2.75) is 38.7 Å². The molecule has 0 unspecified atom stereocenters. The fourth-order valence-corrected chi connectivity index (χ4v) is 2.36. The molecule has 0 aromatic rings. The van der Waals surface area contributed by atoms with Gasteiger partial charge < -0.3 is 10.2 Å². The van der Waals surface area contributed by atoms with Crippen molar-refractivity contribution in [1.29, 1.82) is 0 Å². The van der Waals surface area contributed by atoms with Gasteiger partial charge in [-0.1, -0.05) is 13.8 Å². The third-order valence-corrected chi connectivity index (χ3v) is 2.56. The third kappa shape index (κ3) is 2.17. The minimum Gasteiger partial charge on any atom is -0.393 e. The maximum Gasteiger partial charge on any atom is 0.0882 e. The molecule has 1 rings (SSSR count). The SMILES string of the molecule is C[C@H]1C[C@H](C)CC(O)(CO)C1. The Balaban J connectivity index is 2.55. The first-order valence-electron chi connectivity index (χ1n) is 4.39. The molecule has 0 saturated heterocycles. The molecule has 1 saturated carbocycles. The third-order valence-electron chi connectivity index (χ3n) is 2.56. The quantitative estimate of drug-likeness (QED) is 0.601. The molecule has 0 aromatic heterocycles. The van der Waals surface area contributed by atoms with Crippen molar-refractivity contribution in [2.75, 3.05) is 6.61 Å². The number of hydrogen-bond donors (Lipinski definition) is 2. The summed E-state index contributed by atoms with van der Waals surface area (Å²) < 4.78 is 0. The van der Waals surface area contributed by atoms with Gasteiger partial charge in [-0.05, 0) is 31.1 Å². The zero-order valence-electron chi connectivity index (χ0n) is 7.38. The van der Waals surface area contributed by atoms with Crippen molar-refractivity contribution in [1.82, 2.24) is 0 Å². The van der Waals surface area contributed by atoms with Crippen LogP contribution in [0.25, 0.3) is 0 Å². The largest absolute Gasteiger partial charge is 0.393 e. The molecule has 66 valence electrons. The molecule has 2 N–H and O–H groups in total. The van der Waals surface area contributed by atoms with Gasteiger partial charge in [0.15, 0.2) is 0 Å². The van der Waals surface area contributed by atoms with Gasteiger partial charge in [-0.2, -0.15) is 0 Å². The van der Waals surface area contributed by atoms with Crippen LogP contribution in [-0.2, 0) is 0 Å². The molecular formula is C9H18O2. The van der Waals surface area contributed by atoms with Gasteiger partial charge in [0.05, 0.1) is 12.2 Å². The van der Waals surface area contributed by atoms with Crippen LogP contribution >= 0.6 is 0 Å². The summed E-state index contributed by atoms with van der Waals surface area (Å²) in [6.45, 7) is 4.19. The highest BCUT2D eigenvalue weighted by atomic mass is 16.3. The van der Waals surface area contributed by atoms with Crippen LogP contribution in [0.1, 0.15) is 33.1 Å². The van der Waals surface area contributed by atoms with E-state index in [-0.39, 0.29) is 6.61 Å². The van der Waals surface area contributed by atoms with Crippen LogP contribution in [0, 0.1) is 11.8 Å². The lowest BCUT2D eigenvalue weighted by atomic mass is 9.74. The molecule has 2 atom stereocenters. The molecule has 0 radical (unpaired) electrons. The van der Waals surface area contributed by atoms with Crippen LogP contribution in [0.4, 0.5) is 0 Å². The molecule has 2 nitrogen and oxygen atoms in total. The standard InChI is InChI=1S/C9H18O2/c1-7-3-8(2)5-9(11,4-7)6-10/h7-8,10-11H,3-6H2,1-2H3/t7-,8-/m0/s1. The Kier molecular flexibility index (Phi) is 2.55. The van der Waals surface area contributed by atoms with Crippen molar-refractivity contribution in [3.63, 3.8) is 0 Å². The summed E-state index contributed by atoms with van der Waals surface area (Å²) in [6, 6.07) is 0. The van der Waals surface area contributed by atoms with E-state index in [1.165, 1.54) is 6.42 Å². The average molecular weight is 158 g/mol.